The molecule has 0 amide bonds. The Morgan fingerprint density at radius 2 is 1.88 bits per heavy atom. The van der Waals surface area contributed by atoms with Gasteiger partial charge in [-0.05, 0) is 37.5 Å². The number of methoxy groups -OCH3 is 1. The van der Waals surface area contributed by atoms with Crippen molar-refractivity contribution in [1.29, 1.82) is 0 Å². The van der Waals surface area contributed by atoms with Crippen LogP contribution in [0.3, 0.4) is 0 Å². The van der Waals surface area contributed by atoms with Crippen LogP contribution in [0.5, 0.6) is 5.75 Å². The predicted molar refractivity (Wildman–Crippen MR) is 90.3 cm³/mol. The lowest BCUT2D eigenvalue weighted by Gasteiger charge is -2.22. The average molecular weight is 345 g/mol. The van der Waals surface area contributed by atoms with Crippen LogP contribution >= 0.6 is 0 Å². The number of ether oxygens (including phenoxy) is 1. The van der Waals surface area contributed by atoms with Crippen molar-refractivity contribution in [2.45, 2.75) is 38.9 Å². The molecule has 1 N–H and O–H groups in total. The summed E-state index contributed by atoms with van der Waals surface area (Å²) < 4.78 is 41.5. The molecule has 0 fully saturated rings. The van der Waals surface area contributed by atoms with Crippen LogP contribution in [0.1, 0.15) is 31.7 Å². The molecule has 0 saturated carbocycles. The Hall–Kier alpha value is -1.92. The molecule has 0 aromatic heterocycles. The van der Waals surface area contributed by atoms with Crippen molar-refractivity contribution in [3.05, 3.63) is 29.8 Å². The van der Waals surface area contributed by atoms with Crippen LogP contribution in [0.4, 0.5) is 13.2 Å². The fourth-order valence-corrected chi connectivity index (χ4v) is 2.17. The van der Waals surface area contributed by atoms with E-state index >= 15 is 0 Å². The van der Waals surface area contributed by atoms with E-state index in [2.05, 4.69) is 10.3 Å². The summed E-state index contributed by atoms with van der Waals surface area (Å²) in [7, 11) is 3.53. The van der Waals surface area contributed by atoms with Crippen molar-refractivity contribution >= 4 is 5.96 Å². The molecule has 0 aliphatic carbocycles. The molecule has 0 saturated heterocycles. The number of nitrogens with zero attached hydrogens (tertiary/aromatic N) is 2. The highest BCUT2D eigenvalue weighted by Gasteiger charge is 2.25. The molecular formula is C17H26F3N3O. The molecule has 24 heavy (non-hydrogen) atoms. The number of nitrogens with one attached hydrogen (secondary N) is 1. The van der Waals surface area contributed by atoms with E-state index in [1.54, 1.807) is 7.11 Å². The van der Waals surface area contributed by atoms with E-state index in [0.717, 1.165) is 11.3 Å². The molecule has 1 aromatic carbocycles. The van der Waals surface area contributed by atoms with E-state index in [1.165, 1.54) is 0 Å². The topological polar surface area (TPSA) is 36.9 Å². The van der Waals surface area contributed by atoms with Crippen LogP contribution in [0.25, 0.3) is 0 Å². The third-order valence-corrected chi connectivity index (χ3v) is 3.41. The van der Waals surface area contributed by atoms with Crippen molar-refractivity contribution in [1.82, 2.24) is 10.2 Å². The lowest BCUT2D eigenvalue weighted by atomic mass is 10.2. The summed E-state index contributed by atoms with van der Waals surface area (Å²) in [5, 5.41) is 3.16. The summed E-state index contributed by atoms with van der Waals surface area (Å²) in [4.78, 5) is 6.36. The first kappa shape index (κ1) is 20.1. The molecule has 4 nitrogen and oxygen atoms in total. The van der Waals surface area contributed by atoms with E-state index in [9.17, 15) is 13.2 Å². The summed E-state index contributed by atoms with van der Waals surface area (Å²) in [6.45, 7) is 3.69. The fourth-order valence-electron chi connectivity index (χ4n) is 2.17. The van der Waals surface area contributed by atoms with Crippen LogP contribution in [0, 0.1) is 0 Å². The molecule has 0 heterocycles. The van der Waals surface area contributed by atoms with Crippen LogP contribution in [0.15, 0.2) is 29.3 Å². The summed E-state index contributed by atoms with van der Waals surface area (Å²) in [5.41, 5.74) is 1.10. The van der Waals surface area contributed by atoms with Gasteiger partial charge in [0.2, 0.25) is 0 Å². The van der Waals surface area contributed by atoms with Gasteiger partial charge in [0, 0.05) is 33.1 Å². The third-order valence-electron chi connectivity index (χ3n) is 3.41. The zero-order valence-corrected chi connectivity index (χ0v) is 14.5. The molecule has 1 aromatic rings. The molecule has 0 radical (unpaired) electrons. The minimum absolute atomic E-state index is 0.106. The van der Waals surface area contributed by atoms with Crippen LogP contribution < -0.4 is 10.1 Å². The Morgan fingerprint density at radius 1 is 1.21 bits per heavy atom. The van der Waals surface area contributed by atoms with Crippen LogP contribution in [-0.2, 0) is 6.54 Å². The van der Waals surface area contributed by atoms with Gasteiger partial charge in [-0.15, -0.1) is 0 Å². The minimum atomic E-state index is -4.08. The zero-order valence-electron chi connectivity index (χ0n) is 14.5. The van der Waals surface area contributed by atoms with Crippen molar-refractivity contribution in [3.63, 3.8) is 0 Å². The van der Waals surface area contributed by atoms with E-state index in [4.69, 9.17) is 4.74 Å². The Kier molecular flexibility index (Phi) is 8.43. The first-order valence-electron chi connectivity index (χ1n) is 8.05. The molecule has 1 rings (SSSR count). The molecule has 0 spiro atoms. The number of hydrogen-bond donors (Lipinski definition) is 1. The maximum Gasteiger partial charge on any atom is 0.389 e. The third kappa shape index (κ3) is 8.08. The lowest BCUT2D eigenvalue weighted by molar-refractivity contribution is -0.135. The van der Waals surface area contributed by atoms with E-state index in [0.29, 0.717) is 32.0 Å². The Bertz CT molecular complexity index is 501. The van der Waals surface area contributed by atoms with Gasteiger partial charge in [-0.1, -0.05) is 12.1 Å². The second-order valence-electron chi connectivity index (χ2n) is 5.51. The van der Waals surface area contributed by atoms with Gasteiger partial charge < -0.3 is 15.0 Å². The van der Waals surface area contributed by atoms with Gasteiger partial charge in [0.05, 0.1) is 7.11 Å². The van der Waals surface area contributed by atoms with Crippen molar-refractivity contribution in [3.8, 4) is 5.75 Å². The second kappa shape index (κ2) is 10.1. The molecule has 0 atom stereocenters. The quantitative estimate of drug-likeness (QED) is 0.442. The summed E-state index contributed by atoms with van der Waals surface area (Å²) in [6.07, 6.45) is -4.31. The fraction of sp³-hybridized carbons (Fsp3) is 0.588. The lowest BCUT2D eigenvalue weighted by Crippen LogP contribution is -2.38. The Balaban J connectivity index is 2.53. The van der Waals surface area contributed by atoms with E-state index < -0.39 is 12.6 Å². The number of aliphatic imine (C=N–C) groups is 1. The highest BCUT2D eigenvalue weighted by Crippen LogP contribution is 2.22. The number of unbranched alkanes of at least 4 members (excludes halogenated alkanes) is 1. The predicted octanol–water partition coefficient (Wildman–Crippen LogP) is 3.83. The Morgan fingerprint density at radius 3 is 2.42 bits per heavy atom. The first-order valence-corrected chi connectivity index (χ1v) is 8.05. The molecule has 136 valence electrons. The normalized spacial score (nSPS) is 12.2. The largest absolute Gasteiger partial charge is 0.497 e. The highest BCUT2D eigenvalue weighted by atomic mass is 19.4. The van der Waals surface area contributed by atoms with Gasteiger partial charge in [-0.3, -0.25) is 4.99 Å². The smallest absolute Gasteiger partial charge is 0.389 e. The summed E-state index contributed by atoms with van der Waals surface area (Å²) in [5.74, 6) is 1.49. The molecule has 0 bridgehead atoms. The number of hydrogen-bond acceptors (Lipinski definition) is 2. The highest BCUT2D eigenvalue weighted by molar-refractivity contribution is 5.79. The van der Waals surface area contributed by atoms with Gasteiger partial charge in [0.15, 0.2) is 5.96 Å². The second-order valence-corrected chi connectivity index (χ2v) is 5.51. The number of guanidine groups is 1. The van der Waals surface area contributed by atoms with Gasteiger partial charge in [0.25, 0.3) is 0 Å². The van der Waals surface area contributed by atoms with Gasteiger partial charge in [-0.2, -0.15) is 13.2 Å². The van der Waals surface area contributed by atoms with Crippen molar-refractivity contribution in [2.24, 2.45) is 4.99 Å². The zero-order chi connectivity index (χ0) is 18.0. The summed E-state index contributed by atoms with van der Waals surface area (Å²) in [6, 6.07) is 7.74. The number of rotatable bonds is 8. The molecule has 0 unspecified atom stereocenters. The average Bonchev–Trinajstić information content (AvgIpc) is 2.53. The molecule has 0 aliphatic heterocycles. The van der Waals surface area contributed by atoms with Crippen molar-refractivity contribution in [2.75, 3.05) is 27.2 Å². The van der Waals surface area contributed by atoms with Crippen molar-refractivity contribution < 1.29 is 17.9 Å². The monoisotopic (exact) mass is 345 g/mol. The maximum atomic E-state index is 12.1. The summed E-state index contributed by atoms with van der Waals surface area (Å²) >= 11 is 0. The number of benzene rings is 1. The molecule has 0 aliphatic rings. The molecular weight excluding hydrogens is 319 g/mol. The SMILES string of the molecule is CCNC(=NCCCCC(F)(F)F)N(C)Cc1ccc(OC)cc1. The maximum absolute atomic E-state index is 12.1. The Labute approximate surface area is 141 Å². The van der Waals surface area contributed by atoms with Gasteiger partial charge >= 0.3 is 6.18 Å². The van der Waals surface area contributed by atoms with Crippen LogP contribution in [0.2, 0.25) is 0 Å². The van der Waals surface area contributed by atoms with Gasteiger partial charge in [-0.25, -0.2) is 0 Å². The number of alkyl halides is 3. The minimum Gasteiger partial charge on any atom is -0.497 e. The van der Waals surface area contributed by atoms with E-state index in [1.807, 2.05) is 43.1 Å². The standard InChI is InChI=1S/C17H26F3N3O/c1-4-21-16(22-12-6-5-11-17(18,19)20)23(2)13-14-7-9-15(24-3)10-8-14/h7-10H,4-6,11-13H2,1-3H3,(H,21,22). The van der Waals surface area contributed by atoms with E-state index in [-0.39, 0.29) is 6.42 Å². The first-order chi connectivity index (χ1) is 11.4. The van der Waals surface area contributed by atoms with Crippen LogP contribution in [-0.4, -0.2) is 44.3 Å². The number of halogens is 3. The van der Waals surface area contributed by atoms with Gasteiger partial charge in [0.1, 0.15) is 5.75 Å². The molecule has 7 heteroatoms.